The highest BCUT2D eigenvalue weighted by molar-refractivity contribution is 5.92. The van der Waals surface area contributed by atoms with Crippen molar-refractivity contribution in [3.8, 4) is 5.75 Å². The van der Waals surface area contributed by atoms with E-state index in [1.54, 1.807) is 54.4 Å². The number of rotatable bonds is 5. The molecule has 3 rings (SSSR count). The summed E-state index contributed by atoms with van der Waals surface area (Å²) >= 11 is 0. The van der Waals surface area contributed by atoms with Crippen molar-refractivity contribution in [2.24, 2.45) is 7.05 Å². The minimum absolute atomic E-state index is 0.0710. The van der Waals surface area contributed by atoms with Crippen molar-refractivity contribution in [3.63, 3.8) is 0 Å². The van der Waals surface area contributed by atoms with Crippen LogP contribution in [0.1, 0.15) is 56.1 Å². The Balaban J connectivity index is 1.81. The third-order valence-electron chi connectivity index (χ3n) is 5.46. The molecule has 0 radical (unpaired) electrons. The van der Waals surface area contributed by atoms with Crippen molar-refractivity contribution in [1.82, 2.24) is 19.4 Å². The summed E-state index contributed by atoms with van der Waals surface area (Å²) in [7, 11) is 1.75. The number of hydrogen-bond donors (Lipinski definition) is 0. The number of aromatic nitrogens is 2. The molecule has 0 bridgehead atoms. The van der Waals surface area contributed by atoms with Crippen LogP contribution in [0.4, 0.5) is 18.0 Å². The normalized spacial score (nSPS) is 17.0. The summed E-state index contributed by atoms with van der Waals surface area (Å²) in [6, 6.07) is 5.34. The lowest BCUT2D eigenvalue weighted by atomic mass is 10.1. The molecule has 2 heterocycles. The summed E-state index contributed by atoms with van der Waals surface area (Å²) in [6.45, 7) is 6.36. The van der Waals surface area contributed by atoms with Crippen LogP contribution in [0.25, 0.3) is 0 Å². The second kappa shape index (κ2) is 10.6. The predicted molar refractivity (Wildman–Crippen MR) is 122 cm³/mol. The second-order valence-electron chi connectivity index (χ2n) is 9.60. The first-order chi connectivity index (χ1) is 16.3. The van der Waals surface area contributed by atoms with E-state index in [4.69, 9.17) is 4.74 Å². The number of benzene rings is 1. The third-order valence-corrected chi connectivity index (χ3v) is 5.46. The van der Waals surface area contributed by atoms with Gasteiger partial charge in [-0.2, -0.15) is 0 Å². The van der Waals surface area contributed by atoms with Crippen LogP contribution in [0.15, 0.2) is 36.8 Å². The van der Waals surface area contributed by atoms with Gasteiger partial charge in [0.05, 0.1) is 6.33 Å². The van der Waals surface area contributed by atoms with Crippen LogP contribution in [0.2, 0.25) is 0 Å². The van der Waals surface area contributed by atoms with Gasteiger partial charge < -0.3 is 23.8 Å². The maximum atomic E-state index is 13.4. The van der Waals surface area contributed by atoms with Crippen molar-refractivity contribution >= 4 is 12.0 Å². The van der Waals surface area contributed by atoms with Gasteiger partial charge in [-0.25, -0.2) is 9.78 Å². The van der Waals surface area contributed by atoms with E-state index in [-0.39, 0.29) is 29.9 Å². The number of alkyl halides is 3. The monoisotopic (exact) mass is 496 g/mol. The summed E-state index contributed by atoms with van der Waals surface area (Å²) in [4.78, 5) is 33.4. The first kappa shape index (κ1) is 26.4. The van der Waals surface area contributed by atoms with Crippen LogP contribution < -0.4 is 4.74 Å². The van der Waals surface area contributed by atoms with Gasteiger partial charge in [0.15, 0.2) is 0 Å². The Bertz CT molecular complexity index is 1030. The molecule has 2 aromatic rings. The fourth-order valence-corrected chi connectivity index (χ4v) is 3.97. The van der Waals surface area contributed by atoms with E-state index in [0.717, 1.165) is 0 Å². The van der Waals surface area contributed by atoms with Gasteiger partial charge in [0.1, 0.15) is 17.0 Å². The maximum absolute atomic E-state index is 13.4. The molecule has 0 spiro atoms. The van der Waals surface area contributed by atoms with Crippen molar-refractivity contribution in [1.29, 1.82) is 0 Å². The molecule has 192 valence electrons. The SMILES string of the molecule is Cn1cnc(C(=O)N(Cc2cccc(OC(F)(F)F)c2)C2CCCN(C(=O)OC(C)(C)C)CC2)c1. The molecule has 8 nitrogen and oxygen atoms in total. The molecular weight excluding hydrogens is 465 g/mol. The van der Waals surface area contributed by atoms with Gasteiger partial charge in [-0.05, 0) is 57.7 Å². The number of carbonyl (C=O) groups is 2. The molecule has 11 heteroatoms. The standard InChI is InChI=1S/C24H31F3N4O4/c1-23(2,3)35-22(33)30-11-6-8-18(10-12-30)31(21(32)20-15-29(4)16-28-20)14-17-7-5-9-19(13-17)34-24(25,26)27/h5,7,9,13,15-16,18H,6,8,10-12,14H2,1-4H3. The van der Waals surface area contributed by atoms with Crippen molar-refractivity contribution in [2.75, 3.05) is 13.1 Å². The zero-order valence-electron chi connectivity index (χ0n) is 20.3. The van der Waals surface area contributed by atoms with Crippen LogP contribution in [0.3, 0.4) is 0 Å². The summed E-state index contributed by atoms with van der Waals surface area (Å²) in [6.07, 6.45) is -0.338. The van der Waals surface area contributed by atoms with E-state index in [2.05, 4.69) is 9.72 Å². The summed E-state index contributed by atoms with van der Waals surface area (Å²) in [5.41, 5.74) is 0.112. The first-order valence-electron chi connectivity index (χ1n) is 11.4. The van der Waals surface area contributed by atoms with Crippen molar-refractivity contribution in [3.05, 3.63) is 48.0 Å². The number of amides is 2. The smallest absolute Gasteiger partial charge is 0.444 e. The summed E-state index contributed by atoms with van der Waals surface area (Å²) in [5.74, 6) is -0.680. The van der Waals surface area contributed by atoms with Crippen molar-refractivity contribution < 1.29 is 32.2 Å². The van der Waals surface area contributed by atoms with Crippen LogP contribution in [-0.4, -0.2) is 62.4 Å². The topological polar surface area (TPSA) is 76.9 Å². The van der Waals surface area contributed by atoms with E-state index >= 15 is 0 Å². The van der Waals surface area contributed by atoms with E-state index < -0.39 is 18.1 Å². The first-order valence-corrected chi connectivity index (χ1v) is 11.4. The lowest BCUT2D eigenvalue weighted by molar-refractivity contribution is -0.274. The minimum atomic E-state index is -4.81. The van der Waals surface area contributed by atoms with Gasteiger partial charge in [-0.3, -0.25) is 4.79 Å². The summed E-state index contributed by atoms with van der Waals surface area (Å²) < 4.78 is 49.2. The highest BCUT2D eigenvalue weighted by Gasteiger charge is 2.33. The Kier molecular flexibility index (Phi) is 7.97. The molecule has 1 unspecified atom stereocenters. The number of aryl methyl sites for hydroxylation is 1. The number of carbonyl (C=O) groups excluding carboxylic acids is 2. The average Bonchev–Trinajstić information content (AvgIpc) is 3.01. The van der Waals surface area contributed by atoms with Gasteiger partial charge in [0.25, 0.3) is 5.91 Å². The molecule has 1 aliphatic heterocycles. The Morgan fingerprint density at radius 3 is 2.54 bits per heavy atom. The number of ether oxygens (including phenoxy) is 2. The molecule has 1 aliphatic rings. The molecule has 0 saturated carbocycles. The minimum Gasteiger partial charge on any atom is -0.444 e. The van der Waals surface area contributed by atoms with Crippen LogP contribution >= 0.6 is 0 Å². The van der Waals surface area contributed by atoms with Crippen LogP contribution in [0.5, 0.6) is 5.75 Å². The van der Waals surface area contributed by atoms with E-state index in [1.165, 1.54) is 24.5 Å². The highest BCUT2D eigenvalue weighted by atomic mass is 19.4. The number of nitrogens with zero attached hydrogens (tertiary/aromatic N) is 4. The number of likely N-dealkylation sites (tertiary alicyclic amines) is 1. The zero-order chi connectivity index (χ0) is 25.8. The Morgan fingerprint density at radius 2 is 1.91 bits per heavy atom. The molecule has 1 aromatic carbocycles. The lowest BCUT2D eigenvalue weighted by Gasteiger charge is -2.31. The predicted octanol–water partition coefficient (Wildman–Crippen LogP) is 4.75. The second-order valence-corrected chi connectivity index (χ2v) is 9.60. The molecule has 1 aromatic heterocycles. The molecule has 0 N–H and O–H groups in total. The molecule has 0 aliphatic carbocycles. The van der Waals surface area contributed by atoms with Gasteiger partial charge in [-0.15, -0.1) is 13.2 Å². The van der Waals surface area contributed by atoms with E-state index in [1.807, 2.05) is 0 Å². The third kappa shape index (κ3) is 7.90. The Labute approximate surface area is 202 Å². The van der Waals surface area contributed by atoms with Gasteiger partial charge in [0.2, 0.25) is 0 Å². The van der Waals surface area contributed by atoms with Gasteiger partial charge in [0, 0.05) is 38.9 Å². The fourth-order valence-electron chi connectivity index (χ4n) is 3.97. The largest absolute Gasteiger partial charge is 0.573 e. The maximum Gasteiger partial charge on any atom is 0.573 e. The van der Waals surface area contributed by atoms with Crippen LogP contribution in [-0.2, 0) is 18.3 Å². The average molecular weight is 497 g/mol. The van der Waals surface area contributed by atoms with E-state index in [9.17, 15) is 22.8 Å². The number of hydrogen-bond acceptors (Lipinski definition) is 5. The van der Waals surface area contributed by atoms with E-state index in [0.29, 0.717) is 37.9 Å². The Hall–Kier alpha value is -3.24. The Morgan fingerprint density at radius 1 is 1.17 bits per heavy atom. The molecular formula is C24H31F3N4O4. The zero-order valence-corrected chi connectivity index (χ0v) is 20.3. The summed E-state index contributed by atoms with van der Waals surface area (Å²) in [5, 5.41) is 0. The van der Waals surface area contributed by atoms with Gasteiger partial charge in [-0.1, -0.05) is 12.1 Å². The molecule has 1 saturated heterocycles. The molecule has 2 amide bonds. The highest BCUT2D eigenvalue weighted by Crippen LogP contribution is 2.26. The molecule has 35 heavy (non-hydrogen) atoms. The number of halogens is 3. The van der Waals surface area contributed by atoms with Crippen molar-refractivity contribution in [2.45, 2.75) is 64.6 Å². The molecule has 1 atom stereocenters. The fraction of sp³-hybridized carbons (Fsp3) is 0.542. The lowest BCUT2D eigenvalue weighted by Crippen LogP contribution is -2.41. The number of imidazole rings is 1. The van der Waals surface area contributed by atoms with Crippen LogP contribution in [0, 0.1) is 0 Å². The molecule has 1 fully saturated rings. The quantitative estimate of drug-likeness (QED) is 0.597. The van der Waals surface area contributed by atoms with Gasteiger partial charge >= 0.3 is 12.5 Å².